The summed E-state index contributed by atoms with van der Waals surface area (Å²) in [5.74, 6) is 1.19. The fourth-order valence-electron chi connectivity index (χ4n) is 9.11. The molecule has 2 aliphatic heterocycles. The Kier molecular flexibility index (Phi) is 7.43. The van der Waals surface area contributed by atoms with E-state index in [1.54, 1.807) is 0 Å². The number of hydrogen-bond acceptors (Lipinski definition) is 5. The van der Waals surface area contributed by atoms with Gasteiger partial charge in [-0.15, -0.1) is 11.8 Å². The van der Waals surface area contributed by atoms with Crippen LogP contribution in [-0.4, -0.2) is 15.7 Å². The average molecular weight is 753 g/mol. The first kappa shape index (κ1) is 32.6. The van der Waals surface area contributed by atoms with E-state index in [0.717, 1.165) is 44.5 Å². The van der Waals surface area contributed by atoms with Gasteiger partial charge >= 0.3 is 0 Å². The van der Waals surface area contributed by atoms with Crippen molar-refractivity contribution >= 4 is 67.0 Å². The smallest absolute Gasteiger partial charge is 0.135 e. The monoisotopic (exact) mass is 752 g/mol. The van der Waals surface area contributed by atoms with Crippen LogP contribution < -0.4 is 10.6 Å². The van der Waals surface area contributed by atoms with E-state index in [1.807, 2.05) is 17.8 Å². The number of aromatic nitrogens is 1. The molecular weight excluding hydrogens is 717 g/mol. The molecule has 5 nitrogen and oxygen atoms in total. The summed E-state index contributed by atoms with van der Waals surface area (Å²) in [7, 11) is 0. The second-order valence-electron chi connectivity index (χ2n) is 15.1. The molecule has 2 N–H and O–H groups in total. The van der Waals surface area contributed by atoms with Crippen LogP contribution in [0.2, 0.25) is 0 Å². The molecule has 4 atom stereocenters. The van der Waals surface area contributed by atoms with Gasteiger partial charge in [-0.1, -0.05) is 133 Å². The number of allylic oxidation sites excluding steroid dienone is 3. The van der Waals surface area contributed by atoms with Gasteiger partial charge in [0.1, 0.15) is 29.3 Å². The van der Waals surface area contributed by atoms with E-state index in [9.17, 15) is 0 Å². The Morgan fingerprint density at radius 3 is 2.09 bits per heavy atom. The Labute approximate surface area is 334 Å². The van der Waals surface area contributed by atoms with Crippen molar-refractivity contribution in [2.75, 3.05) is 0 Å². The fraction of sp³-hybridized carbons (Fsp3) is 0.0784. The molecule has 0 radical (unpaired) electrons. The molecule has 6 heteroatoms. The van der Waals surface area contributed by atoms with Crippen molar-refractivity contribution in [3.63, 3.8) is 0 Å². The van der Waals surface area contributed by atoms with Crippen LogP contribution in [0.15, 0.2) is 196 Å². The first-order valence-corrected chi connectivity index (χ1v) is 20.5. The van der Waals surface area contributed by atoms with Crippen molar-refractivity contribution in [2.24, 2.45) is 4.99 Å². The molecule has 0 saturated heterocycles. The van der Waals surface area contributed by atoms with Gasteiger partial charge in [0.05, 0.1) is 11.0 Å². The molecule has 12 rings (SSSR count). The van der Waals surface area contributed by atoms with Gasteiger partial charge in [0, 0.05) is 48.9 Å². The molecule has 0 fully saturated rings. The zero-order chi connectivity index (χ0) is 37.5. The second kappa shape index (κ2) is 13.0. The summed E-state index contributed by atoms with van der Waals surface area (Å²) < 4.78 is 8.89. The van der Waals surface area contributed by atoms with Crippen molar-refractivity contribution in [2.45, 2.75) is 28.4 Å². The summed E-state index contributed by atoms with van der Waals surface area (Å²) in [6, 6.07) is 58.4. The maximum atomic E-state index is 6.45. The van der Waals surface area contributed by atoms with Gasteiger partial charge in [0.25, 0.3) is 0 Å². The molecule has 0 bridgehead atoms. The van der Waals surface area contributed by atoms with E-state index in [4.69, 9.17) is 9.41 Å². The minimum absolute atomic E-state index is 0.101. The van der Waals surface area contributed by atoms with Crippen molar-refractivity contribution < 1.29 is 4.42 Å². The van der Waals surface area contributed by atoms with Crippen LogP contribution in [0.4, 0.5) is 0 Å². The summed E-state index contributed by atoms with van der Waals surface area (Å²) in [4.78, 5) is 6.57. The third-order valence-corrected chi connectivity index (χ3v) is 13.2. The van der Waals surface area contributed by atoms with Gasteiger partial charge in [-0.05, 0) is 76.4 Å². The number of aliphatic imine (C=N–C) groups is 1. The third kappa shape index (κ3) is 5.32. The Morgan fingerprint density at radius 2 is 1.30 bits per heavy atom. The molecule has 272 valence electrons. The molecule has 57 heavy (non-hydrogen) atoms. The lowest BCUT2D eigenvalue weighted by molar-refractivity contribution is 0.409. The second-order valence-corrected chi connectivity index (χ2v) is 16.3. The molecule has 4 unspecified atom stereocenters. The molecule has 9 aromatic rings. The number of nitrogens with zero attached hydrogens (tertiary/aromatic N) is 2. The predicted molar refractivity (Wildman–Crippen MR) is 236 cm³/mol. The number of rotatable bonds is 5. The van der Waals surface area contributed by atoms with Crippen molar-refractivity contribution in [1.82, 2.24) is 15.2 Å². The number of para-hydroxylation sites is 2. The van der Waals surface area contributed by atoms with Gasteiger partial charge in [-0.2, -0.15) is 0 Å². The molecule has 3 aliphatic rings. The maximum Gasteiger partial charge on any atom is 0.135 e. The number of furan rings is 1. The van der Waals surface area contributed by atoms with Crippen LogP contribution in [0.3, 0.4) is 0 Å². The zero-order valence-corrected chi connectivity index (χ0v) is 31.7. The van der Waals surface area contributed by atoms with Crippen LogP contribution in [0.25, 0.3) is 60.6 Å². The molecule has 4 heterocycles. The molecule has 1 aliphatic carbocycles. The summed E-state index contributed by atoms with van der Waals surface area (Å²) in [5, 5.41) is 12.5. The molecule has 2 aromatic heterocycles. The molecule has 7 aromatic carbocycles. The number of fused-ring (bicyclic) bond motifs is 9. The van der Waals surface area contributed by atoms with Gasteiger partial charge in [-0.25, -0.2) is 4.99 Å². The minimum atomic E-state index is -0.255. The normalized spacial score (nSPS) is 20.1. The van der Waals surface area contributed by atoms with Crippen molar-refractivity contribution in [3.8, 4) is 11.1 Å². The van der Waals surface area contributed by atoms with E-state index >= 15 is 0 Å². The predicted octanol–water partition coefficient (Wildman–Crippen LogP) is 12.4. The number of benzene rings is 7. The Hall–Kier alpha value is -6.60. The highest BCUT2D eigenvalue weighted by Gasteiger charge is 2.35. The summed E-state index contributed by atoms with van der Waals surface area (Å²) in [6.07, 6.45) is 6.88. The van der Waals surface area contributed by atoms with Gasteiger partial charge < -0.3 is 14.3 Å². The lowest BCUT2D eigenvalue weighted by Gasteiger charge is -2.32. The zero-order valence-electron chi connectivity index (χ0n) is 30.8. The first-order valence-electron chi connectivity index (χ1n) is 19.6. The highest BCUT2D eigenvalue weighted by atomic mass is 32.2. The topological polar surface area (TPSA) is 54.5 Å². The van der Waals surface area contributed by atoms with E-state index < -0.39 is 0 Å². The SMILES string of the molecule is C1=CC2c3cccc(-c4ccc5oc6ccc(C7N=C(c8ccccc8)NC(c8ccccc8)N7)cc6c5c4)c3SC2C=C1n1c2ccccc2c2ccccc21. The molecule has 0 saturated carbocycles. The lowest BCUT2D eigenvalue weighted by Crippen LogP contribution is -2.44. The van der Waals surface area contributed by atoms with Crippen molar-refractivity contribution in [1.29, 1.82) is 0 Å². The standard InChI is InChI=1S/C51H36N4OS/c1-3-12-31(13-4-1)49-52-50(32-14-5-2-6-15-32)54-51(53-49)34-23-27-46-42(29-34)41-28-33(22-26-45(41)56-46)36-18-11-19-40-39-25-24-35(30-47(39)57-48(36)40)55-43-20-9-7-16-37(43)38-17-8-10-21-44(38)55/h1-30,39,47,49,51,53H,(H,52,54). The third-order valence-electron chi connectivity index (χ3n) is 11.8. The highest BCUT2D eigenvalue weighted by Crippen LogP contribution is 2.53. The highest BCUT2D eigenvalue weighted by molar-refractivity contribution is 8.00. The van der Waals surface area contributed by atoms with E-state index in [2.05, 4.69) is 191 Å². The van der Waals surface area contributed by atoms with Crippen LogP contribution in [-0.2, 0) is 0 Å². The number of thioether (sulfide) groups is 1. The molecule has 0 spiro atoms. The summed E-state index contributed by atoms with van der Waals surface area (Å²) >= 11 is 1.99. The Balaban J connectivity index is 0.910. The number of nitrogens with one attached hydrogen (secondary N) is 2. The quantitative estimate of drug-likeness (QED) is 0.184. The van der Waals surface area contributed by atoms with E-state index in [-0.39, 0.29) is 12.3 Å². The molecular formula is C51H36N4OS. The van der Waals surface area contributed by atoms with E-state index in [0.29, 0.717) is 11.2 Å². The number of hydrogen-bond donors (Lipinski definition) is 2. The minimum Gasteiger partial charge on any atom is -0.456 e. The van der Waals surface area contributed by atoms with Crippen LogP contribution in [0.5, 0.6) is 0 Å². The van der Waals surface area contributed by atoms with Crippen LogP contribution in [0.1, 0.15) is 40.5 Å². The van der Waals surface area contributed by atoms with Crippen LogP contribution >= 0.6 is 11.8 Å². The van der Waals surface area contributed by atoms with Crippen molar-refractivity contribution in [3.05, 3.63) is 204 Å². The van der Waals surface area contributed by atoms with Crippen LogP contribution in [0, 0.1) is 0 Å². The maximum absolute atomic E-state index is 6.45. The molecule has 0 amide bonds. The summed E-state index contributed by atoms with van der Waals surface area (Å²) in [6.45, 7) is 0. The Morgan fingerprint density at radius 1 is 0.596 bits per heavy atom. The fourth-order valence-corrected chi connectivity index (χ4v) is 10.6. The van der Waals surface area contributed by atoms with Gasteiger partial charge in [-0.3, -0.25) is 5.32 Å². The van der Waals surface area contributed by atoms with Gasteiger partial charge in [0.15, 0.2) is 0 Å². The number of amidine groups is 1. The first-order chi connectivity index (χ1) is 28.2. The Bertz CT molecular complexity index is 3090. The van der Waals surface area contributed by atoms with Gasteiger partial charge in [0.2, 0.25) is 0 Å². The average Bonchev–Trinajstić information content (AvgIpc) is 3.95. The summed E-state index contributed by atoms with van der Waals surface area (Å²) in [5.41, 5.74) is 12.6. The largest absolute Gasteiger partial charge is 0.456 e. The lowest BCUT2D eigenvalue weighted by atomic mass is 9.89. The van der Waals surface area contributed by atoms with E-state index in [1.165, 1.54) is 49.1 Å².